The zero-order valence-corrected chi connectivity index (χ0v) is 16.5. The molecule has 150 valence electrons. The first-order valence-corrected chi connectivity index (χ1v) is 9.21. The molecule has 4 aromatic rings. The molecule has 1 N–H and O–H groups in total. The molecular weight excluding hydrogens is 382 g/mol. The number of aromatic nitrogens is 2. The fourth-order valence-corrected chi connectivity index (χ4v) is 2.99. The molecular formula is C23H19N3O4. The number of nitrogens with one attached hydrogen (secondary N) is 1. The Morgan fingerprint density at radius 2 is 1.63 bits per heavy atom. The van der Waals surface area contributed by atoms with Crippen LogP contribution in [-0.2, 0) is 0 Å². The molecule has 0 atom stereocenters. The Kier molecular flexibility index (Phi) is 5.43. The van der Waals surface area contributed by atoms with Gasteiger partial charge < -0.3 is 19.3 Å². The first kappa shape index (κ1) is 19.2. The van der Waals surface area contributed by atoms with Gasteiger partial charge in [0.25, 0.3) is 11.8 Å². The zero-order chi connectivity index (χ0) is 20.9. The van der Waals surface area contributed by atoms with Crippen molar-refractivity contribution in [2.75, 3.05) is 19.5 Å². The second kappa shape index (κ2) is 8.48. The lowest BCUT2D eigenvalue weighted by Gasteiger charge is -2.08. The molecule has 0 aliphatic carbocycles. The van der Waals surface area contributed by atoms with E-state index in [4.69, 9.17) is 14.0 Å². The van der Waals surface area contributed by atoms with E-state index in [-0.39, 0.29) is 5.91 Å². The van der Waals surface area contributed by atoms with Gasteiger partial charge in [0.1, 0.15) is 0 Å². The third-order valence-corrected chi connectivity index (χ3v) is 4.51. The lowest BCUT2D eigenvalue weighted by atomic mass is 10.1. The van der Waals surface area contributed by atoms with Gasteiger partial charge >= 0.3 is 0 Å². The normalized spacial score (nSPS) is 10.5. The highest BCUT2D eigenvalue weighted by Crippen LogP contribution is 2.33. The summed E-state index contributed by atoms with van der Waals surface area (Å²) < 4.78 is 16.1. The summed E-state index contributed by atoms with van der Waals surface area (Å²) in [6.07, 6.45) is 0. The van der Waals surface area contributed by atoms with Crippen LogP contribution in [0.4, 0.5) is 5.69 Å². The Morgan fingerprint density at radius 1 is 0.900 bits per heavy atom. The molecule has 1 heterocycles. The number of amides is 1. The quantitative estimate of drug-likeness (QED) is 0.505. The van der Waals surface area contributed by atoms with Gasteiger partial charge in [0.15, 0.2) is 11.5 Å². The summed E-state index contributed by atoms with van der Waals surface area (Å²) in [5.74, 6) is 1.65. The fraction of sp³-hybridized carbons (Fsp3) is 0.0870. The minimum absolute atomic E-state index is 0.220. The number of methoxy groups -OCH3 is 2. The molecule has 0 saturated heterocycles. The number of benzene rings is 3. The number of para-hydroxylation sites is 1. The van der Waals surface area contributed by atoms with E-state index in [0.717, 1.165) is 0 Å². The number of anilines is 1. The number of carbonyl (C=O) groups excluding carboxylic acids is 1. The molecule has 4 rings (SSSR count). The van der Waals surface area contributed by atoms with Gasteiger partial charge in [-0.05, 0) is 42.5 Å². The molecule has 0 spiro atoms. The van der Waals surface area contributed by atoms with E-state index >= 15 is 0 Å². The topological polar surface area (TPSA) is 86.5 Å². The lowest BCUT2D eigenvalue weighted by molar-refractivity contribution is 0.102. The molecule has 0 saturated carbocycles. The molecule has 1 aromatic heterocycles. The van der Waals surface area contributed by atoms with Crippen molar-refractivity contribution in [1.29, 1.82) is 0 Å². The minimum atomic E-state index is -0.220. The highest BCUT2D eigenvalue weighted by Gasteiger charge is 2.17. The fourth-order valence-electron chi connectivity index (χ4n) is 2.99. The standard InChI is InChI=1S/C23H19N3O4/c1-28-19-13-12-16(14-20(19)29-2)21-25-23(30-26-21)17-10-6-7-11-18(17)24-22(27)15-8-4-3-5-9-15/h3-14H,1-2H3,(H,24,27). The van der Waals surface area contributed by atoms with Gasteiger partial charge in [-0.15, -0.1) is 0 Å². The molecule has 0 fully saturated rings. The number of hydrogen-bond donors (Lipinski definition) is 1. The van der Waals surface area contributed by atoms with Crippen molar-refractivity contribution >= 4 is 11.6 Å². The van der Waals surface area contributed by atoms with Crippen LogP contribution in [0.15, 0.2) is 77.3 Å². The summed E-state index contributed by atoms with van der Waals surface area (Å²) in [7, 11) is 3.14. The summed E-state index contributed by atoms with van der Waals surface area (Å²) in [6, 6.07) is 21.6. The number of hydrogen-bond acceptors (Lipinski definition) is 6. The van der Waals surface area contributed by atoms with Gasteiger partial charge in [0, 0.05) is 11.1 Å². The van der Waals surface area contributed by atoms with Crippen molar-refractivity contribution in [3.8, 4) is 34.3 Å². The van der Waals surface area contributed by atoms with Crippen molar-refractivity contribution in [2.24, 2.45) is 0 Å². The molecule has 7 nitrogen and oxygen atoms in total. The van der Waals surface area contributed by atoms with Crippen molar-refractivity contribution in [1.82, 2.24) is 10.1 Å². The van der Waals surface area contributed by atoms with E-state index in [9.17, 15) is 4.79 Å². The average molecular weight is 401 g/mol. The lowest BCUT2D eigenvalue weighted by Crippen LogP contribution is -2.12. The van der Waals surface area contributed by atoms with E-state index in [1.807, 2.05) is 42.5 Å². The van der Waals surface area contributed by atoms with E-state index in [0.29, 0.717) is 45.6 Å². The van der Waals surface area contributed by atoms with E-state index < -0.39 is 0 Å². The van der Waals surface area contributed by atoms with Crippen LogP contribution >= 0.6 is 0 Å². The van der Waals surface area contributed by atoms with Gasteiger partial charge in [0.05, 0.1) is 25.5 Å². The zero-order valence-electron chi connectivity index (χ0n) is 16.5. The van der Waals surface area contributed by atoms with Crippen molar-refractivity contribution in [2.45, 2.75) is 0 Å². The Bertz CT molecular complexity index is 1170. The Labute approximate surface area is 173 Å². The van der Waals surface area contributed by atoms with Gasteiger partial charge in [-0.25, -0.2) is 0 Å². The van der Waals surface area contributed by atoms with Crippen LogP contribution in [0.2, 0.25) is 0 Å². The number of rotatable bonds is 6. The van der Waals surface area contributed by atoms with E-state index in [2.05, 4.69) is 15.5 Å². The number of nitrogens with zero attached hydrogens (tertiary/aromatic N) is 2. The highest BCUT2D eigenvalue weighted by molar-refractivity contribution is 6.05. The Morgan fingerprint density at radius 3 is 2.40 bits per heavy atom. The van der Waals surface area contributed by atoms with Crippen molar-refractivity contribution in [3.63, 3.8) is 0 Å². The van der Waals surface area contributed by atoms with Gasteiger partial charge in [0.2, 0.25) is 5.82 Å². The summed E-state index contributed by atoms with van der Waals surface area (Å²) >= 11 is 0. The van der Waals surface area contributed by atoms with Gasteiger partial charge in [-0.3, -0.25) is 4.79 Å². The van der Waals surface area contributed by atoms with Gasteiger partial charge in [-0.2, -0.15) is 4.98 Å². The highest BCUT2D eigenvalue weighted by atomic mass is 16.5. The molecule has 1 amide bonds. The summed E-state index contributed by atoms with van der Waals surface area (Å²) in [4.78, 5) is 17.0. The third-order valence-electron chi connectivity index (χ3n) is 4.51. The Balaban J connectivity index is 1.64. The van der Waals surface area contributed by atoms with Crippen LogP contribution in [0, 0.1) is 0 Å². The number of ether oxygens (including phenoxy) is 2. The molecule has 0 aliphatic heterocycles. The molecule has 7 heteroatoms. The smallest absolute Gasteiger partial charge is 0.260 e. The van der Waals surface area contributed by atoms with Crippen LogP contribution in [0.3, 0.4) is 0 Å². The van der Waals surface area contributed by atoms with Crippen molar-refractivity contribution in [3.05, 3.63) is 78.4 Å². The van der Waals surface area contributed by atoms with Gasteiger partial charge in [-0.1, -0.05) is 35.5 Å². The monoisotopic (exact) mass is 401 g/mol. The summed E-state index contributed by atoms with van der Waals surface area (Å²) in [6.45, 7) is 0. The SMILES string of the molecule is COc1ccc(-c2noc(-c3ccccc3NC(=O)c3ccccc3)n2)cc1OC. The van der Waals surface area contributed by atoms with E-state index in [1.165, 1.54) is 0 Å². The maximum atomic E-state index is 12.6. The van der Waals surface area contributed by atoms with Crippen LogP contribution in [0.25, 0.3) is 22.8 Å². The van der Waals surface area contributed by atoms with E-state index in [1.54, 1.807) is 44.6 Å². The van der Waals surface area contributed by atoms with Crippen LogP contribution in [-0.4, -0.2) is 30.3 Å². The molecule has 30 heavy (non-hydrogen) atoms. The number of carbonyl (C=O) groups is 1. The average Bonchev–Trinajstić information content (AvgIpc) is 3.29. The summed E-state index contributed by atoms with van der Waals surface area (Å²) in [5, 5.41) is 6.98. The first-order chi connectivity index (χ1) is 14.7. The van der Waals surface area contributed by atoms with Crippen LogP contribution in [0.1, 0.15) is 10.4 Å². The molecule has 0 radical (unpaired) electrons. The second-order valence-corrected chi connectivity index (χ2v) is 6.36. The summed E-state index contributed by atoms with van der Waals surface area (Å²) in [5.41, 5.74) is 2.48. The Hall–Kier alpha value is -4.13. The predicted molar refractivity (Wildman–Crippen MR) is 113 cm³/mol. The van der Waals surface area contributed by atoms with Crippen LogP contribution in [0.5, 0.6) is 11.5 Å². The second-order valence-electron chi connectivity index (χ2n) is 6.36. The molecule has 0 unspecified atom stereocenters. The largest absolute Gasteiger partial charge is 0.493 e. The molecule has 0 aliphatic rings. The molecule has 3 aromatic carbocycles. The molecule has 0 bridgehead atoms. The predicted octanol–water partition coefficient (Wildman–Crippen LogP) is 4.67. The van der Waals surface area contributed by atoms with Crippen molar-refractivity contribution < 1.29 is 18.8 Å². The maximum absolute atomic E-state index is 12.6. The minimum Gasteiger partial charge on any atom is -0.493 e. The first-order valence-electron chi connectivity index (χ1n) is 9.21. The maximum Gasteiger partial charge on any atom is 0.260 e. The third kappa shape index (κ3) is 3.86. The van der Waals surface area contributed by atoms with Crippen LogP contribution < -0.4 is 14.8 Å².